The Morgan fingerprint density at radius 2 is 1.83 bits per heavy atom. The van der Waals surface area contributed by atoms with Gasteiger partial charge in [-0.25, -0.2) is 4.98 Å². The van der Waals surface area contributed by atoms with E-state index in [2.05, 4.69) is 4.98 Å². The molecule has 0 radical (unpaired) electrons. The lowest BCUT2D eigenvalue weighted by Crippen LogP contribution is -2.10. The second-order valence-corrected chi connectivity index (χ2v) is 6.70. The van der Waals surface area contributed by atoms with E-state index >= 15 is 0 Å². The average Bonchev–Trinajstić information content (AvgIpc) is 3.09. The zero-order valence-electron chi connectivity index (χ0n) is 13.2. The maximum Gasteiger partial charge on any atom is 0.339 e. The van der Waals surface area contributed by atoms with E-state index in [1.54, 1.807) is 60.7 Å². The highest BCUT2D eigenvalue weighted by atomic mass is 32.2. The predicted octanol–water partition coefficient (Wildman–Crippen LogP) is 2.96. The standard InChI is InChI=1S/C17H16N2O4S/c1-13-3-6-15(7-4-13)24(20,21)23-14-5-8-17(22-2)16(11-14)19-10-9-18-12-19/h3-12H,1-2H3. The van der Waals surface area contributed by atoms with Crippen LogP contribution in [0.3, 0.4) is 0 Å². The van der Waals surface area contributed by atoms with E-state index in [9.17, 15) is 8.42 Å². The molecule has 3 rings (SSSR count). The number of benzene rings is 2. The van der Waals surface area contributed by atoms with Crippen LogP contribution >= 0.6 is 0 Å². The van der Waals surface area contributed by atoms with Crippen LogP contribution in [0, 0.1) is 6.92 Å². The summed E-state index contributed by atoms with van der Waals surface area (Å²) in [4.78, 5) is 4.09. The topological polar surface area (TPSA) is 70.4 Å². The Morgan fingerprint density at radius 3 is 2.46 bits per heavy atom. The minimum atomic E-state index is -3.90. The van der Waals surface area contributed by atoms with Crippen LogP contribution in [-0.2, 0) is 10.1 Å². The number of methoxy groups -OCH3 is 1. The first-order valence-corrected chi connectivity index (χ1v) is 8.58. The van der Waals surface area contributed by atoms with Crippen molar-refractivity contribution in [3.63, 3.8) is 0 Å². The minimum Gasteiger partial charge on any atom is -0.495 e. The van der Waals surface area contributed by atoms with Crippen LogP contribution in [0.2, 0.25) is 0 Å². The monoisotopic (exact) mass is 344 g/mol. The van der Waals surface area contributed by atoms with Crippen LogP contribution in [0.25, 0.3) is 5.69 Å². The van der Waals surface area contributed by atoms with Gasteiger partial charge >= 0.3 is 10.1 Å². The number of hydrogen-bond donors (Lipinski definition) is 0. The maximum absolute atomic E-state index is 12.4. The lowest BCUT2D eigenvalue weighted by Gasteiger charge is -2.12. The van der Waals surface area contributed by atoms with Crippen molar-refractivity contribution in [3.05, 3.63) is 66.7 Å². The first-order chi connectivity index (χ1) is 11.5. The van der Waals surface area contributed by atoms with Crippen molar-refractivity contribution in [2.45, 2.75) is 11.8 Å². The summed E-state index contributed by atoms with van der Waals surface area (Å²) < 4.78 is 37.0. The van der Waals surface area contributed by atoms with E-state index in [0.29, 0.717) is 11.4 Å². The van der Waals surface area contributed by atoms with Gasteiger partial charge in [0.25, 0.3) is 0 Å². The Hall–Kier alpha value is -2.80. The molecule has 1 heterocycles. The molecule has 0 aliphatic rings. The van der Waals surface area contributed by atoms with Crippen molar-refractivity contribution < 1.29 is 17.3 Å². The molecule has 0 aliphatic heterocycles. The summed E-state index contributed by atoms with van der Waals surface area (Å²) in [7, 11) is -2.36. The fraction of sp³-hybridized carbons (Fsp3) is 0.118. The highest BCUT2D eigenvalue weighted by Gasteiger charge is 2.17. The summed E-state index contributed by atoms with van der Waals surface area (Å²) in [6.45, 7) is 1.89. The molecular weight excluding hydrogens is 328 g/mol. The fourth-order valence-electron chi connectivity index (χ4n) is 2.20. The van der Waals surface area contributed by atoms with Crippen molar-refractivity contribution in [2.24, 2.45) is 0 Å². The van der Waals surface area contributed by atoms with Gasteiger partial charge < -0.3 is 13.5 Å². The number of rotatable bonds is 5. The quantitative estimate of drug-likeness (QED) is 0.666. The number of nitrogens with zero attached hydrogens (tertiary/aromatic N) is 2. The summed E-state index contributed by atoms with van der Waals surface area (Å²) in [5.74, 6) is 0.771. The fourth-order valence-corrected chi connectivity index (χ4v) is 3.13. The number of imidazole rings is 1. The van der Waals surface area contributed by atoms with E-state index in [0.717, 1.165) is 5.56 Å². The molecule has 6 nitrogen and oxygen atoms in total. The largest absolute Gasteiger partial charge is 0.495 e. The third-order valence-electron chi connectivity index (χ3n) is 3.45. The number of ether oxygens (including phenoxy) is 1. The Labute approximate surface area is 140 Å². The molecule has 0 saturated heterocycles. The lowest BCUT2D eigenvalue weighted by molar-refractivity contribution is 0.411. The van der Waals surface area contributed by atoms with Gasteiger partial charge in [0, 0.05) is 18.5 Å². The van der Waals surface area contributed by atoms with E-state index in [1.807, 2.05) is 6.92 Å². The summed E-state index contributed by atoms with van der Waals surface area (Å²) in [6, 6.07) is 11.3. The third kappa shape index (κ3) is 3.26. The number of aryl methyl sites for hydroxylation is 1. The molecule has 0 atom stereocenters. The Kier molecular flexibility index (Phi) is 4.26. The van der Waals surface area contributed by atoms with Crippen LogP contribution in [0.5, 0.6) is 11.5 Å². The van der Waals surface area contributed by atoms with Crippen LogP contribution in [-0.4, -0.2) is 25.1 Å². The first kappa shape index (κ1) is 16.1. The van der Waals surface area contributed by atoms with Gasteiger partial charge in [-0.15, -0.1) is 0 Å². The molecule has 0 fully saturated rings. The number of hydrogen-bond acceptors (Lipinski definition) is 5. The van der Waals surface area contributed by atoms with E-state index in [1.165, 1.54) is 12.1 Å². The van der Waals surface area contributed by atoms with Gasteiger partial charge in [-0.1, -0.05) is 17.7 Å². The zero-order valence-corrected chi connectivity index (χ0v) is 14.0. The second-order valence-electron chi connectivity index (χ2n) is 5.15. The summed E-state index contributed by atoms with van der Waals surface area (Å²) in [6.07, 6.45) is 4.95. The zero-order chi connectivity index (χ0) is 17.2. The Morgan fingerprint density at radius 1 is 1.08 bits per heavy atom. The van der Waals surface area contributed by atoms with Gasteiger partial charge in [0.2, 0.25) is 0 Å². The Bertz CT molecular complexity index is 933. The summed E-state index contributed by atoms with van der Waals surface area (Å²) >= 11 is 0. The van der Waals surface area contributed by atoms with E-state index < -0.39 is 10.1 Å². The van der Waals surface area contributed by atoms with Crippen molar-refractivity contribution in [3.8, 4) is 17.2 Å². The van der Waals surface area contributed by atoms with Crippen molar-refractivity contribution in [1.82, 2.24) is 9.55 Å². The van der Waals surface area contributed by atoms with Gasteiger partial charge in [0.05, 0.1) is 19.1 Å². The average molecular weight is 344 g/mol. The van der Waals surface area contributed by atoms with Crippen LogP contribution in [0.1, 0.15) is 5.56 Å². The molecule has 0 unspecified atom stereocenters. The SMILES string of the molecule is COc1ccc(OS(=O)(=O)c2ccc(C)cc2)cc1-n1ccnc1. The van der Waals surface area contributed by atoms with Gasteiger partial charge in [0.1, 0.15) is 16.4 Å². The van der Waals surface area contributed by atoms with Crippen molar-refractivity contribution in [1.29, 1.82) is 0 Å². The van der Waals surface area contributed by atoms with Gasteiger partial charge in [-0.3, -0.25) is 0 Å². The van der Waals surface area contributed by atoms with Gasteiger partial charge in [-0.2, -0.15) is 8.42 Å². The molecule has 7 heteroatoms. The summed E-state index contributed by atoms with van der Waals surface area (Å²) in [5.41, 5.74) is 1.60. The van der Waals surface area contributed by atoms with Crippen molar-refractivity contribution in [2.75, 3.05) is 7.11 Å². The molecule has 2 aromatic carbocycles. The second kappa shape index (κ2) is 6.37. The Balaban J connectivity index is 1.95. The van der Waals surface area contributed by atoms with Gasteiger partial charge in [0.15, 0.2) is 0 Å². The number of aromatic nitrogens is 2. The molecule has 1 aromatic heterocycles. The molecule has 3 aromatic rings. The molecule has 0 N–H and O–H groups in total. The van der Waals surface area contributed by atoms with Gasteiger partial charge in [-0.05, 0) is 31.2 Å². The van der Waals surface area contributed by atoms with E-state index in [4.69, 9.17) is 8.92 Å². The lowest BCUT2D eigenvalue weighted by atomic mass is 10.2. The van der Waals surface area contributed by atoms with E-state index in [-0.39, 0.29) is 10.6 Å². The highest BCUT2D eigenvalue weighted by Crippen LogP contribution is 2.29. The predicted molar refractivity (Wildman–Crippen MR) is 89.1 cm³/mol. The van der Waals surface area contributed by atoms with Crippen LogP contribution < -0.4 is 8.92 Å². The molecule has 0 saturated carbocycles. The van der Waals surface area contributed by atoms with Crippen LogP contribution in [0.4, 0.5) is 0 Å². The third-order valence-corrected chi connectivity index (χ3v) is 4.71. The normalized spacial score (nSPS) is 11.2. The smallest absolute Gasteiger partial charge is 0.339 e. The summed E-state index contributed by atoms with van der Waals surface area (Å²) in [5, 5.41) is 0. The highest BCUT2D eigenvalue weighted by molar-refractivity contribution is 7.87. The molecule has 24 heavy (non-hydrogen) atoms. The molecule has 124 valence electrons. The first-order valence-electron chi connectivity index (χ1n) is 7.17. The molecule has 0 amide bonds. The molecule has 0 spiro atoms. The maximum atomic E-state index is 12.4. The molecular formula is C17H16N2O4S. The minimum absolute atomic E-state index is 0.105. The molecule has 0 bridgehead atoms. The van der Waals surface area contributed by atoms with Crippen LogP contribution in [0.15, 0.2) is 66.1 Å². The molecule has 0 aliphatic carbocycles. The van der Waals surface area contributed by atoms with Crippen molar-refractivity contribution >= 4 is 10.1 Å².